The maximum absolute atomic E-state index is 12.1. The van der Waals surface area contributed by atoms with Crippen LogP contribution in [-0.4, -0.2) is 35.1 Å². The number of hydrogen-bond donors (Lipinski definition) is 2. The minimum absolute atomic E-state index is 0.0758. The van der Waals surface area contributed by atoms with Crippen molar-refractivity contribution in [2.75, 3.05) is 12.4 Å². The Labute approximate surface area is 127 Å². The molecule has 0 atom stereocenters. The van der Waals surface area contributed by atoms with Crippen molar-refractivity contribution >= 4 is 11.7 Å². The molecule has 0 aliphatic carbocycles. The number of nitrogens with one attached hydrogen (secondary N) is 2. The lowest BCUT2D eigenvalue weighted by Gasteiger charge is -2.53. The number of carbonyl (C=O) groups excluding carboxylic acids is 1. The lowest BCUT2D eigenvalue weighted by Crippen LogP contribution is -2.62. The number of amides is 2. The first kappa shape index (κ1) is 15.8. The second-order valence-corrected chi connectivity index (χ2v) is 7.25. The summed E-state index contributed by atoms with van der Waals surface area (Å²) in [5.41, 5.74) is 0.972. The van der Waals surface area contributed by atoms with Gasteiger partial charge in [0.2, 0.25) is 0 Å². The van der Waals surface area contributed by atoms with Gasteiger partial charge in [-0.25, -0.2) is 4.79 Å². The summed E-state index contributed by atoms with van der Waals surface area (Å²) < 4.78 is 0. The summed E-state index contributed by atoms with van der Waals surface area (Å²) in [6.45, 7) is 8.94. The van der Waals surface area contributed by atoms with E-state index in [1.165, 1.54) is 0 Å². The number of benzene rings is 1. The van der Waals surface area contributed by atoms with Crippen LogP contribution in [0.2, 0.25) is 0 Å². The van der Waals surface area contributed by atoms with Crippen LogP contribution in [0.4, 0.5) is 10.5 Å². The highest BCUT2D eigenvalue weighted by atomic mass is 16.2. The van der Waals surface area contributed by atoms with Gasteiger partial charge in [-0.3, -0.25) is 4.90 Å². The second-order valence-electron chi connectivity index (χ2n) is 7.25. The molecule has 0 radical (unpaired) electrons. The summed E-state index contributed by atoms with van der Waals surface area (Å²) >= 11 is 0. The molecular formula is C17H27N3O. The highest BCUT2D eigenvalue weighted by molar-refractivity contribution is 5.89. The summed E-state index contributed by atoms with van der Waals surface area (Å²) in [6.07, 6.45) is 1.91. The van der Waals surface area contributed by atoms with E-state index in [0.717, 1.165) is 18.5 Å². The van der Waals surface area contributed by atoms with Gasteiger partial charge < -0.3 is 10.6 Å². The molecular weight excluding hydrogens is 262 g/mol. The molecule has 21 heavy (non-hydrogen) atoms. The van der Waals surface area contributed by atoms with Crippen molar-refractivity contribution in [2.24, 2.45) is 0 Å². The van der Waals surface area contributed by atoms with E-state index in [4.69, 9.17) is 0 Å². The van der Waals surface area contributed by atoms with Gasteiger partial charge in [-0.1, -0.05) is 18.2 Å². The minimum Gasteiger partial charge on any atom is -0.335 e. The number of hydrogen-bond acceptors (Lipinski definition) is 2. The molecule has 2 amide bonds. The second kappa shape index (κ2) is 5.68. The van der Waals surface area contributed by atoms with Crippen LogP contribution in [0.25, 0.3) is 0 Å². The highest BCUT2D eigenvalue weighted by Gasteiger charge is 2.43. The first-order valence-electron chi connectivity index (χ1n) is 7.57. The highest BCUT2D eigenvalue weighted by Crippen LogP contribution is 2.36. The lowest BCUT2D eigenvalue weighted by atomic mass is 9.77. The Morgan fingerprint density at radius 1 is 1.10 bits per heavy atom. The molecule has 1 heterocycles. The predicted octanol–water partition coefficient (Wildman–Crippen LogP) is 3.46. The van der Waals surface area contributed by atoms with Crippen LogP contribution in [0.15, 0.2) is 30.3 Å². The lowest BCUT2D eigenvalue weighted by molar-refractivity contribution is -0.0155. The molecule has 2 rings (SSSR count). The van der Waals surface area contributed by atoms with Crippen molar-refractivity contribution in [3.63, 3.8) is 0 Å². The first-order chi connectivity index (χ1) is 9.71. The molecule has 2 N–H and O–H groups in total. The van der Waals surface area contributed by atoms with Crippen molar-refractivity contribution in [1.29, 1.82) is 0 Å². The van der Waals surface area contributed by atoms with Crippen LogP contribution in [0, 0.1) is 0 Å². The number of carbonyl (C=O) groups is 1. The van der Waals surface area contributed by atoms with E-state index in [0.29, 0.717) is 0 Å². The Bertz CT molecular complexity index is 478. The maximum Gasteiger partial charge on any atom is 0.319 e. The monoisotopic (exact) mass is 289 g/mol. The standard InChI is InChI=1S/C17H27N3O/c1-16(2)11-14(12-17(3,4)20(16)5)19-15(21)18-13-9-7-6-8-10-13/h6-10,14H,11-12H2,1-5H3,(H2,18,19,21). The van der Waals surface area contributed by atoms with Gasteiger partial charge in [0.05, 0.1) is 0 Å². The van der Waals surface area contributed by atoms with Crippen molar-refractivity contribution in [3.8, 4) is 0 Å². The summed E-state index contributed by atoms with van der Waals surface area (Å²) in [5.74, 6) is 0. The molecule has 4 heteroatoms. The van der Waals surface area contributed by atoms with E-state index in [1.807, 2.05) is 30.3 Å². The van der Waals surface area contributed by atoms with E-state index in [-0.39, 0.29) is 23.2 Å². The Hall–Kier alpha value is -1.55. The Morgan fingerprint density at radius 2 is 1.62 bits per heavy atom. The van der Waals surface area contributed by atoms with Gasteiger partial charge in [0, 0.05) is 22.8 Å². The fourth-order valence-corrected chi connectivity index (χ4v) is 3.35. The number of piperidine rings is 1. The van der Waals surface area contributed by atoms with Crippen molar-refractivity contribution in [3.05, 3.63) is 30.3 Å². The zero-order chi connectivity index (χ0) is 15.7. The minimum atomic E-state index is -0.123. The number of anilines is 1. The average Bonchev–Trinajstić information content (AvgIpc) is 2.36. The van der Waals surface area contributed by atoms with Crippen molar-refractivity contribution < 1.29 is 4.79 Å². The molecule has 1 fully saturated rings. The zero-order valence-electron chi connectivity index (χ0n) is 13.7. The maximum atomic E-state index is 12.1. The van der Waals surface area contributed by atoms with Gasteiger partial charge in [0.1, 0.15) is 0 Å². The topological polar surface area (TPSA) is 44.4 Å². The third-order valence-electron chi connectivity index (χ3n) is 4.67. The van der Waals surface area contributed by atoms with Crippen molar-refractivity contribution in [1.82, 2.24) is 10.2 Å². The van der Waals surface area contributed by atoms with Gasteiger partial charge in [-0.15, -0.1) is 0 Å². The molecule has 0 unspecified atom stereocenters. The third kappa shape index (κ3) is 3.76. The van der Waals surface area contributed by atoms with E-state index in [1.54, 1.807) is 0 Å². The van der Waals surface area contributed by atoms with E-state index >= 15 is 0 Å². The number of para-hydroxylation sites is 1. The van der Waals surface area contributed by atoms with Crippen molar-refractivity contribution in [2.45, 2.75) is 57.7 Å². The van der Waals surface area contributed by atoms with Gasteiger partial charge in [-0.2, -0.15) is 0 Å². The smallest absolute Gasteiger partial charge is 0.319 e. The van der Waals surface area contributed by atoms with E-state index in [2.05, 4.69) is 50.3 Å². The zero-order valence-corrected chi connectivity index (χ0v) is 13.7. The quantitative estimate of drug-likeness (QED) is 0.875. The molecule has 116 valence electrons. The first-order valence-corrected chi connectivity index (χ1v) is 7.57. The molecule has 1 aromatic carbocycles. The number of rotatable bonds is 2. The van der Waals surface area contributed by atoms with Gasteiger partial charge in [-0.05, 0) is 59.7 Å². The molecule has 4 nitrogen and oxygen atoms in total. The van der Waals surface area contributed by atoms with Crippen LogP contribution >= 0.6 is 0 Å². The fraction of sp³-hybridized carbons (Fsp3) is 0.588. The van der Waals surface area contributed by atoms with E-state index < -0.39 is 0 Å². The summed E-state index contributed by atoms with van der Waals surface area (Å²) in [4.78, 5) is 14.6. The van der Waals surface area contributed by atoms with Gasteiger partial charge in [0.15, 0.2) is 0 Å². The molecule has 1 aliphatic heterocycles. The fourth-order valence-electron chi connectivity index (χ4n) is 3.35. The predicted molar refractivity (Wildman–Crippen MR) is 87.5 cm³/mol. The number of likely N-dealkylation sites (tertiary alicyclic amines) is 1. The van der Waals surface area contributed by atoms with Gasteiger partial charge in [0.25, 0.3) is 0 Å². The van der Waals surface area contributed by atoms with Crippen LogP contribution in [-0.2, 0) is 0 Å². The normalized spacial score (nSPS) is 21.8. The average molecular weight is 289 g/mol. The molecule has 1 aromatic rings. The Kier molecular flexibility index (Phi) is 4.28. The Balaban J connectivity index is 1.98. The molecule has 0 spiro atoms. The SMILES string of the molecule is CN1C(C)(C)CC(NC(=O)Nc2ccccc2)CC1(C)C. The van der Waals surface area contributed by atoms with Gasteiger partial charge >= 0.3 is 6.03 Å². The molecule has 0 saturated carbocycles. The molecule has 1 aliphatic rings. The summed E-state index contributed by atoms with van der Waals surface area (Å²) in [6, 6.07) is 9.61. The van der Waals surface area contributed by atoms with Crippen LogP contribution < -0.4 is 10.6 Å². The van der Waals surface area contributed by atoms with Crippen LogP contribution in [0.3, 0.4) is 0 Å². The number of urea groups is 1. The van der Waals surface area contributed by atoms with Crippen LogP contribution in [0.5, 0.6) is 0 Å². The molecule has 0 bridgehead atoms. The third-order valence-corrected chi connectivity index (χ3v) is 4.67. The van der Waals surface area contributed by atoms with E-state index in [9.17, 15) is 4.79 Å². The largest absolute Gasteiger partial charge is 0.335 e. The molecule has 0 aromatic heterocycles. The number of nitrogens with zero attached hydrogens (tertiary/aromatic N) is 1. The summed E-state index contributed by atoms with van der Waals surface area (Å²) in [5, 5.41) is 6.01. The van der Waals surface area contributed by atoms with Crippen LogP contribution in [0.1, 0.15) is 40.5 Å². The summed E-state index contributed by atoms with van der Waals surface area (Å²) in [7, 11) is 2.17. The molecule has 1 saturated heterocycles. The Morgan fingerprint density at radius 3 is 2.14 bits per heavy atom.